The zero-order valence-corrected chi connectivity index (χ0v) is 8.04. The molecule has 0 aromatic heterocycles. The van der Waals surface area contributed by atoms with Gasteiger partial charge < -0.3 is 5.73 Å². The van der Waals surface area contributed by atoms with Gasteiger partial charge in [0.15, 0.2) is 0 Å². The fraction of sp³-hybridized carbons (Fsp3) is 0.636. The molecule has 1 saturated carbocycles. The minimum atomic E-state index is 0.642. The molecule has 0 radical (unpaired) electrons. The number of rotatable bonds is 0. The van der Waals surface area contributed by atoms with Gasteiger partial charge in [0.2, 0.25) is 0 Å². The maximum absolute atomic E-state index is 5.98. The smallest absolute Gasteiger partial charge is 0.0118 e. The molecule has 0 spiro atoms. The van der Waals surface area contributed by atoms with Crippen molar-refractivity contribution in [2.75, 3.05) is 0 Å². The molecule has 0 heterocycles. The number of allylic oxidation sites excluding steroid dienone is 4. The van der Waals surface area contributed by atoms with E-state index in [1.54, 1.807) is 0 Å². The van der Waals surface area contributed by atoms with Crippen LogP contribution in [-0.4, -0.2) is 0 Å². The zero-order valence-electron chi connectivity index (χ0n) is 8.04. The van der Waals surface area contributed by atoms with Gasteiger partial charge in [-0.25, -0.2) is 0 Å². The van der Waals surface area contributed by atoms with Crippen molar-refractivity contribution in [1.82, 2.24) is 0 Å². The average Bonchev–Trinajstić information content (AvgIpc) is 2.17. The molecule has 1 heteroatoms. The second-order valence-corrected chi connectivity index (χ2v) is 4.35. The summed E-state index contributed by atoms with van der Waals surface area (Å²) in [6.45, 7) is 6.86. The minimum Gasteiger partial charge on any atom is -0.402 e. The van der Waals surface area contributed by atoms with Gasteiger partial charge in [-0.1, -0.05) is 25.5 Å². The van der Waals surface area contributed by atoms with E-state index in [2.05, 4.69) is 32.9 Å². The number of hydrogen-bond donors (Lipinski definition) is 1. The van der Waals surface area contributed by atoms with Gasteiger partial charge in [0.25, 0.3) is 0 Å². The van der Waals surface area contributed by atoms with E-state index in [1.807, 2.05) is 0 Å². The SMILES string of the molecule is CC1=CC=C(N)C2C(C)C1C2C. The maximum Gasteiger partial charge on any atom is 0.0118 e. The predicted octanol–water partition coefficient (Wildman–Crippen LogP) is 2.31. The van der Waals surface area contributed by atoms with Crippen molar-refractivity contribution in [3.8, 4) is 0 Å². The quantitative estimate of drug-likeness (QED) is 0.582. The van der Waals surface area contributed by atoms with Crippen LogP contribution in [-0.2, 0) is 0 Å². The third kappa shape index (κ3) is 0.796. The third-order valence-corrected chi connectivity index (χ3v) is 3.72. The van der Waals surface area contributed by atoms with Crippen LogP contribution in [0.3, 0.4) is 0 Å². The summed E-state index contributed by atoms with van der Waals surface area (Å²) in [6.07, 6.45) is 4.29. The first kappa shape index (κ1) is 7.90. The van der Waals surface area contributed by atoms with E-state index in [-0.39, 0.29) is 0 Å². The standard InChI is InChI=1S/C11H17N/c1-6-4-5-9(12)11-7(2)10(6)8(11)3/h4-5,7-8,10-11H,12H2,1-3H3. The number of hydrogen-bond acceptors (Lipinski definition) is 1. The van der Waals surface area contributed by atoms with Gasteiger partial charge in [-0.2, -0.15) is 0 Å². The van der Waals surface area contributed by atoms with Crippen LogP contribution in [0.5, 0.6) is 0 Å². The number of nitrogens with two attached hydrogens (primary N) is 1. The molecule has 0 aliphatic heterocycles. The highest BCUT2D eigenvalue weighted by Gasteiger charge is 2.47. The Hall–Kier alpha value is -0.720. The lowest BCUT2D eigenvalue weighted by atomic mass is 9.56. The Morgan fingerprint density at radius 2 is 1.67 bits per heavy atom. The Kier molecular flexibility index (Phi) is 1.57. The van der Waals surface area contributed by atoms with Crippen LogP contribution in [0.25, 0.3) is 0 Å². The normalized spacial score (nSPS) is 45.6. The molecule has 0 aromatic rings. The molecule has 0 saturated heterocycles. The second-order valence-electron chi connectivity index (χ2n) is 4.35. The van der Waals surface area contributed by atoms with Gasteiger partial charge in [-0.15, -0.1) is 0 Å². The Balaban J connectivity index is 2.38. The summed E-state index contributed by atoms with van der Waals surface area (Å²) < 4.78 is 0. The maximum atomic E-state index is 5.98. The predicted molar refractivity (Wildman–Crippen MR) is 51.3 cm³/mol. The summed E-state index contributed by atoms with van der Waals surface area (Å²) in [5, 5.41) is 0. The summed E-state index contributed by atoms with van der Waals surface area (Å²) >= 11 is 0. The Morgan fingerprint density at radius 1 is 1.08 bits per heavy atom. The van der Waals surface area contributed by atoms with Crippen LogP contribution >= 0.6 is 0 Å². The van der Waals surface area contributed by atoms with Crippen molar-refractivity contribution in [1.29, 1.82) is 0 Å². The van der Waals surface area contributed by atoms with E-state index >= 15 is 0 Å². The van der Waals surface area contributed by atoms with Crippen LogP contribution < -0.4 is 5.73 Å². The van der Waals surface area contributed by atoms with Crippen LogP contribution in [0, 0.1) is 23.7 Å². The van der Waals surface area contributed by atoms with Crippen LogP contribution in [0.1, 0.15) is 20.8 Å². The van der Waals surface area contributed by atoms with E-state index in [1.165, 1.54) is 5.57 Å². The fourth-order valence-corrected chi connectivity index (χ4v) is 3.15. The molecule has 3 rings (SSSR count). The molecule has 3 aliphatic carbocycles. The highest BCUT2D eigenvalue weighted by molar-refractivity contribution is 5.30. The fourth-order valence-electron chi connectivity index (χ4n) is 3.15. The van der Waals surface area contributed by atoms with Gasteiger partial charge in [-0.05, 0) is 30.8 Å². The highest BCUT2D eigenvalue weighted by Crippen LogP contribution is 2.52. The van der Waals surface area contributed by atoms with E-state index in [9.17, 15) is 0 Å². The molecule has 2 unspecified atom stereocenters. The first-order valence-corrected chi connectivity index (χ1v) is 4.76. The van der Waals surface area contributed by atoms with Crippen molar-refractivity contribution >= 4 is 0 Å². The Morgan fingerprint density at radius 3 is 2.25 bits per heavy atom. The first-order chi connectivity index (χ1) is 5.63. The Labute approximate surface area is 74.3 Å². The summed E-state index contributed by atoms with van der Waals surface area (Å²) in [4.78, 5) is 0. The molecular formula is C11H17N. The van der Waals surface area contributed by atoms with Crippen LogP contribution in [0.2, 0.25) is 0 Å². The van der Waals surface area contributed by atoms with Crippen molar-refractivity contribution in [3.05, 3.63) is 23.4 Å². The minimum absolute atomic E-state index is 0.642. The van der Waals surface area contributed by atoms with Gasteiger partial charge in [-0.3, -0.25) is 0 Å². The molecule has 0 amide bonds. The van der Waals surface area contributed by atoms with Crippen molar-refractivity contribution in [3.63, 3.8) is 0 Å². The molecule has 2 N–H and O–H groups in total. The lowest BCUT2D eigenvalue weighted by Crippen LogP contribution is -2.45. The average molecular weight is 163 g/mol. The lowest BCUT2D eigenvalue weighted by molar-refractivity contribution is 0.0582. The van der Waals surface area contributed by atoms with E-state index in [0.29, 0.717) is 5.92 Å². The number of fused-ring (bicyclic) bond motifs is 1. The molecule has 66 valence electrons. The molecule has 1 nitrogen and oxygen atoms in total. The third-order valence-electron chi connectivity index (χ3n) is 3.72. The molecule has 3 aliphatic rings. The van der Waals surface area contributed by atoms with E-state index in [0.717, 1.165) is 23.5 Å². The van der Waals surface area contributed by atoms with Crippen LogP contribution in [0.15, 0.2) is 23.4 Å². The molecule has 12 heavy (non-hydrogen) atoms. The van der Waals surface area contributed by atoms with Crippen molar-refractivity contribution < 1.29 is 0 Å². The van der Waals surface area contributed by atoms with E-state index in [4.69, 9.17) is 5.73 Å². The summed E-state index contributed by atoms with van der Waals surface area (Å²) in [7, 11) is 0. The van der Waals surface area contributed by atoms with Gasteiger partial charge in [0.05, 0.1) is 0 Å². The monoisotopic (exact) mass is 163 g/mol. The van der Waals surface area contributed by atoms with Gasteiger partial charge >= 0.3 is 0 Å². The van der Waals surface area contributed by atoms with E-state index < -0.39 is 0 Å². The second kappa shape index (κ2) is 2.38. The topological polar surface area (TPSA) is 26.0 Å². The van der Waals surface area contributed by atoms with Crippen molar-refractivity contribution in [2.24, 2.45) is 29.4 Å². The lowest BCUT2D eigenvalue weighted by Gasteiger charge is -2.49. The largest absolute Gasteiger partial charge is 0.402 e. The summed E-state index contributed by atoms with van der Waals surface area (Å²) in [5.74, 6) is 2.95. The molecule has 2 atom stereocenters. The Bertz CT molecular complexity index is 226. The molecular weight excluding hydrogens is 146 g/mol. The molecule has 1 fully saturated rings. The first-order valence-electron chi connectivity index (χ1n) is 4.76. The summed E-state index contributed by atoms with van der Waals surface area (Å²) in [5.41, 5.74) is 8.57. The van der Waals surface area contributed by atoms with Crippen molar-refractivity contribution in [2.45, 2.75) is 20.8 Å². The molecule has 2 bridgehead atoms. The van der Waals surface area contributed by atoms with Crippen LogP contribution in [0.4, 0.5) is 0 Å². The van der Waals surface area contributed by atoms with Gasteiger partial charge in [0, 0.05) is 11.6 Å². The highest BCUT2D eigenvalue weighted by atomic mass is 14.7. The summed E-state index contributed by atoms with van der Waals surface area (Å²) in [6, 6.07) is 0. The molecule has 0 aromatic carbocycles. The zero-order chi connectivity index (χ0) is 8.88. The van der Waals surface area contributed by atoms with Gasteiger partial charge in [0.1, 0.15) is 0 Å².